The van der Waals surface area contributed by atoms with Crippen molar-refractivity contribution in [2.24, 2.45) is 0 Å². The van der Waals surface area contributed by atoms with E-state index in [0.29, 0.717) is 12.0 Å². The molecular formula is C17H27N3O. The summed E-state index contributed by atoms with van der Waals surface area (Å²) in [5.41, 5.74) is 1.06. The van der Waals surface area contributed by atoms with Gasteiger partial charge in [0.05, 0.1) is 5.56 Å². The van der Waals surface area contributed by atoms with E-state index in [4.69, 9.17) is 14.7 Å². The second-order valence-electron chi connectivity index (χ2n) is 6.40. The summed E-state index contributed by atoms with van der Waals surface area (Å²) in [4.78, 5) is 9.42. The van der Waals surface area contributed by atoms with Gasteiger partial charge in [-0.3, -0.25) is 0 Å². The molecule has 1 heterocycles. The Hall–Kier alpha value is -1.32. The molecule has 1 N–H and O–H groups in total. The molecule has 1 aromatic heterocycles. The van der Waals surface area contributed by atoms with Crippen LogP contribution < -0.4 is 10.1 Å². The summed E-state index contributed by atoms with van der Waals surface area (Å²) in [6.07, 6.45) is 10.4. The highest BCUT2D eigenvalue weighted by molar-refractivity contribution is 5.49. The number of hydrogen-bond acceptors (Lipinski definition) is 4. The highest BCUT2D eigenvalue weighted by Gasteiger charge is 2.29. The average Bonchev–Trinajstić information content (AvgIpc) is 3.30. The molecule has 0 radical (unpaired) electrons. The number of nitrogens with one attached hydrogen (secondary N) is 1. The molecule has 1 aromatic rings. The van der Waals surface area contributed by atoms with Gasteiger partial charge in [0.25, 0.3) is 0 Å². The maximum absolute atomic E-state index is 6.28. The Morgan fingerprint density at radius 3 is 2.38 bits per heavy atom. The molecule has 0 saturated heterocycles. The van der Waals surface area contributed by atoms with Crippen LogP contribution in [0.25, 0.3) is 0 Å². The topological polar surface area (TPSA) is 47.0 Å². The van der Waals surface area contributed by atoms with Crippen LogP contribution in [0.15, 0.2) is 0 Å². The van der Waals surface area contributed by atoms with E-state index in [-0.39, 0.29) is 0 Å². The van der Waals surface area contributed by atoms with E-state index in [1.807, 2.05) is 0 Å². The van der Waals surface area contributed by atoms with Gasteiger partial charge in [-0.2, -0.15) is 4.98 Å². The molecule has 3 rings (SSSR count). The first kappa shape index (κ1) is 14.6. The maximum atomic E-state index is 6.28. The summed E-state index contributed by atoms with van der Waals surface area (Å²) in [5, 5.41) is 3.36. The molecule has 21 heavy (non-hydrogen) atoms. The highest BCUT2D eigenvalue weighted by atomic mass is 16.5. The molecule has 0 bridgehead atoms. The minimum absolute atomic E-state index is 0.336. The normalized spacial score (nSPS) is 20.1. The first-order chi connectivity index (χ1) is 10.3. The van der Waals surface area contributed by atoms with Crippen molar-refractivity contribution >= 4 is 5.82 Å². The quantitative estimate of drug-likeness (QED) is 0.825. The van der Waals surface area contributed by atoms with Gasteiger partial charge in [0.1, 0.15) is 17.7 Å². The standard InChI is InChI=1S/C17H27N3O/c1-3-18-15-12(2)17(20-16(19-15)13-10-11-13)21-14-8-6-4-5-7-9-14/h13-14H,3-11H2,1-2H3,(H,18,19,20). The molecule has 0 atom stereocenters. The lowest BCUT2D eigenvalue weighted by Gasteiger charge is -2.19. The van der Waals surface area contributed by atoms with E-state index in [1.165, 1.54) is 51.4 Å². The zero-order valence-corrected chi connectivity index (χ0v) is 13.3. The Kier molecular flexibility index (Phi) is 4.61. The van der Waals surface area contributed by atoms with Gasteiger partial charge in [-0.05, 0) is 52.4 Å². The second kappa shape index (κ2) is 6.63. The molecular weight excluding hydrogens is 262 g/mol. The van der Waals surface area contributed by atoms with Gasteiger partial charge in [0.2, 0.25) is 5.88 Å². The van der Waals surface area contributed by atoms with Crippen molar-refractivity contribution in [2.75, 3.05) is 11.9 Å². The number of rotatable bonds is 5. The lowest BCUT2D eigenvalue weighted by molar-refractivity contribution is 0.174. The van der Waals surface area contributed by atoms with Crippen LogP contribution in [0.1, 0.15) is 75.6 Å². The number of aromatic nitrogens is 2. The monoisotopic (exact) mass is 289 g/mol. The molecule has 4 heteroatoms. The summed E-state index contributed by atoms with van der Waals surface area (Å²) >= 11 is 0. The van der Waals surface area contributed by atoms with Gasteiger partial charge < -0.3 is 10.1 Å². The van der Waals surface area contributed by atoms with Crippen molar-refractivity contribution in [1.82, 2.24) is 9.97 Å². The van der Waals surface area contributed by atoms with Crippen LogP contribution in [0.4, 0.5) is 5.82 Å². The van der Waals surface area contributed by atoms with E-state index in [0.717, 1.165) is 29.6 Å². The summed E-state index contributed by atoms with van der Waals surface area (Å²) in [7, 11) is 0. The molecule has 4 nitrogen and oxygen atoms in total. The zero-order valence-electron chi connectivity index (χ0n) is 13.3. The molecule has 0 aliphatic heterocycles. The second-order valence-corrected chi connectivity index (χ2v) is 6.40. The van der Waals surface area contributed by atoms with Crippen LogP contribution in [0.5, 0.6) is 5.88 Å². The van der Waals surface area contributed by atoms with Gasteiger partial charge in [-0.1, -0.05) is 12.8 Å². The van der Waals surface area contributed by atoms with E-state index in [1.54, 1.807) is 0 Å². The summed E-state index contributed by atoms with van der Waals surface area (Å²) in [6.45, 7) is 5.05. The molecule has 2 aliphatic carbocycles. The van der Waals surface area contributed by atoms with E-state index in [2.05, 4.69) is 19.2 Å². The Balaban J connectivity index is 1.81. The third kappa shape index (κ3) is 3.66. The molecule has 0 spiro atoms. The zero-order chi connectivity index (χ0) is 14.7. The summed E-state index contributed by atoms with van der Waals surface area (Å²) < 4.78 is 6.28. The number of nitrogens with zero attached hydrogens (tertiary/aromatic N) is 2. The first-order valence-electron chi connectivity index (χ1n) is 8.57. The van der Waals surface area contributed by atoms with Crippen LogP contribution in [0.2, 0.25) is 0 Å². The minimum atomic E-state index is 0.336. The maximum Gasteiger partial charge on any atom is 0.222 e. The lowest BCUT2D eigenvalue weighted by atomic mass is 10.1. The molecule has 2 aliphatic rings. The SMILES string of the molecule is CCNc1nc(C2CC2)nc(OC2CCCCCC2)c1C. The third-order valence-electron chi connectivity index (χ3n) is 4.49. The van der Waals surface area contributed by atoms with Crippen LogP contribution in [-0.2, 0) is 0 Å². The molecule has 2 saturated carbocycles. The van der Waals surface area contributed by atoms with Gasteiger partial charge in [0.15, 0.2) is 0 Å². The Morgan fingerprint density at radius 2 is 1.76 bits per heavy atom. The van der Waals surface area contributed by atoms with Gasteiger partial charge in [0, 0.05) is 12.5 Å². The predicted molar refractivity (Wildman–Crippen MR) is 85.0 cm³/mol. The van der Waals surface area contributed by atoms with E-state index in [9.17, 15) is 0 Å². The third-order valence-corrected chi connectivity index (χ3v) is 4.49. The molecule has 0 amide bonds. The largest absolute Gasteiger partial charge is 0.474 e. The van der Waals surface area contributed by atoms with Crippen LogP contribution >= 0.6 is 0 Å². The van der Waals surface area contributed by atoms with Crippen LogP contribution in [-0.4, -0.2) is 22.6 Å². The first-order valence-corrected chi connectivity index (χ1v) is 8.57. The average molecular weight is 289 g/mol. The molecule has 0 unspecified atom stereocenters. The molecule has 116 valence electrons. The molecule has 2 fully saturated rings. The Bertz CT molecular complexity index is 477. The van der Waals surface area contributed by atoms with E-state index >= 15 is 0 Å². The lowest BCUT2D eigenvalue weighted by Crippen LogP contribution is -2.18. The van der Waals surface area contributed by atoms with Crippen molar-refractivity contribution in [3.05, 3.63) is 11.4 Å². The van der Waals surface area contributed by atoms with Gasteiger partial charge >= 0.3 is 0 Å². The van der Waals surface area contributed by atoms with Crippen molar-refractivity contribution in [1.29, 1.82) is 0 Å². The van der Waals surface area contributed by atoms with Gasteiger partial charge in [-0.15, -0.1) is 0 Å². The highest BCUT2D eigenvalue weighted by Crippen LogP contribution is 2.40. The van der Waals surface area contributed by atoms with Crippen LogP contribution in [0.3, 0.4) is 0 Å². The Morgan fingerprint density at radius 1 is 1.05 bits per heavy atom. The molecule has 0 aromatic carbocycles. The van der Waals surface area contributed by atoms with Crippen molar-refractivity contribution in [2.45, 2.75) is 77.2 Å². The Labute approximate surface area is 127 Å². The number of ether oxygens (including phenoxy) is 1. The summed E-state index contributed by atoms with van der Waals surface area (Å²) in [5.74, 6) is 3.30. The fourth-order valence-corrected chi connectivity index (χ4v) is 3.01. The van der Waals surface area contributed by atoms with Crippen molar-refractivity contribution < 1.29 is 4.74 Å². The minimum Gasteiger partial charge on any atom is -0.474 e. The van der Waals surface area contributed by atoms with Crippen LogP contribution in [0, 0.1) is 6.92 Å². The van der Waals surface area contributed by atoms with E-state index < -0.39 is 0 Å². The van der Waals surface area contributed by atoms with Gasteiger partial charge in [-0.25, -0.2) is 4.98 Å². The van der Waals surface area contributed by atoms with Crippen molar-refractivity contribution in [3.63, 3.8) is 0 Å². The predicted octanol–water partition coefficient (Wildman–Crippen LogP) is 4.20. The smallest absolute Gasteiger partial charge is 0.222 e. The number of hydrogen-bond donors (Lipinski definition) is 1. The fraction of sp³-hybridized carbons (Fsp3) is 0.765. The summed E-state index contributed by atoms with van der Waals surface area (Å²) in [6, 6.07) is 0. The van der Waals surface area contributed by atoms with Crippen molar-refractivity contribution in [3.8, 4) is 5.88 Å². The fourth-order valence-electron chi connectivity index (χ4n) is 3.01. The number of anilines is 1.